The molecule has 0 fully saturated rings. The lowest BCUT2D eigenvalue weighted by molar-refractivity contribution is 0.616. The van der Waals surface area contributed by atoms with Crippen LogP contribution in [0.15, 0.2) is 30.7 Å². The lowest BCUT2D eigenvalue weighted by atomic mass is 10.1. The molecule has 0 unspecified atom stereocenters. The predicted octanol–water partition coefficient (Wildman–Crippen LogP) is 3.12. The van der Waals surface area contributed by atoms with Gasteiger partial charge in [-0.2, -0.15) is 0 Å². The van der Waals surface area contributed by atoms with Gasteiger partial charge >= 0.3 is 0 Å². The molecule has 1 aromatic heterocycles. The Morgan fingerprint density at radius 2 is 2.22 bits per heavy atom. The molecule has 0 aliphatic heterocycles. The molecule has 96 valence electrons. The van der Waals surface area contributed by atoms with E-state index >= 15 is 0 Å². The Morgan fingerprint density at radius 1 is 1.39 bits per heavy atom. The zero-order valence-electron chi connectivity index (χ0n) is 10.8. The molecule has 0 saturated carbocycles. The van der Waals surface area contributed by atoms with Gasteiger partial charge in [0.1, 0.15) is 0 Å². The van der Waals surface area contributed by atoms with Crippen molar-refractivity contribution in [2.24, 2.45) is 0 Å². The second-order valence-corrected chi connectivity index (χ2v) is 4.80. The van der Waals surface area contributed by atoms with Crippen LogP contribution in [0.4, 0.5) is 0 Å². The summed E-state index contributed by atoms with van der Waals surface area (Å²) in [5.41, 5.74) is 3.34. The third-order valence-electron chi connectivity index (χ3n) is 3.01. The molecule has 2 aromatic rings. The van der Waals surface area contributed by atoms with Crippen molar-refractivity contribution in [2.75, 3.05) is 13.6 Å². The highest BCUT2D eigenvalue weighted by molar-refractivity contribution is 6.31. The first kappa shape index (κ1) is 13.1. The number of hydrogen-bond acceptors (Lipinski definition) is 2. The maximum Gasteiger partial charge on any atom is 0.0950 e. The van der Waals surface area contributed by atoms with Crippen LogP contribution < -0.4 is 5.32 Å². The van der Waals surface area contributed by atoms with E-state index in [0.717, 1.165) is 41.4 Å². The molecule has 1 aromatic carbocycles. The molecule has 0 atom stereocenters. The molecule has 2 rings (SSSR count). The highest BCUT2D eigenvalue weighted by Gasteiger charge is 2.06. The van der Waals surface area contributed by atoms with Crippen molar-refractivity contribution in [3.05, 3.63) is 41.3 Å². The van der Waals surface area contributed by atoms with Crippen LogP contribution in [-0.4, -0.2) is 23.1 Å². The number of benzene rings is 1. The van der Waals surface area contributed by atoms with Gasteiger partial charge in [-0.3, -0.25) is 0 Å². The fraction of sp³-hybridized carbons (Fsp3) is 0.357. The van der Waals surface area contributed by atoms with Gasteiger partial charge in [-0.05, 0) is 38.6 Å². The van der Waals surface area contributed by atoms with Gasteiger partial charge in [0.05, 0.1) is 18.2 Å². The molecule has 0 aliphatic rings. The van der Waals surface area contributed by atoms with Crippen LogP contribution in [0.2, 0.25) is 5.02 Å². The second-order valence-electron chi connectivity index (χ2n) is 4.39. The first-order valence-electron chi connectivity index (χ1n) is 6.13. The van der Waals surface area contributed by atoms with Crippen molar-refractivity contribution in [2.45, 2.75) is 19.9 Å². The molecule has 0 amide bonds. The molecule has 0 aliphatic carbocycles. The minimum atomic E-state index is 0.801. The van der Waals surface area contributed by atoms with Gasteiger partial charge in [0.25, 0.3) is 0 Å². The summed E-state index contributed by atoms with van der Waals surface area (Å²) in [6.45, 7) is 3.98. The summed E-state index contributed by atoms with van der Waals surface area (Å²) in [6, 6.07) is 6.14. The lowest BCUT2D eigenvalue weighted by Gasteiger charge is -2.09. The van der Waals surface area contributed by atoms with E-state index in [1.807, 2.05) is 38.6 Å². The SMILES string of the molecule is CNCCCn1cncc1-c1ccc(C)c(Cl)c1. The molecular weight excluding hydrogens is 246 g/mol. The molecular formula is C14H18ClN3. The molecule has 1 heterocycles. The van der Waals surface area contributed by atoms with Crippen LogP contribution in [0.5, 0.6) is 0 Å². The van der Waals surface area contributed by atoms with Crippen LogP contribution in [0.25, 0.3) is 11.3 Å². The van der Waals surface area contributed by atoms with Crippen molar-refractivity contribution in [3.63, 3.8) is 0 Å². The van der Waals surface area contributed by atoms with Crippen LogP contribution in [0.1, 0.15) is 12.0 Å². The van der Waals surface area contributed by atoms with Crippen molar-refractivity contribution >= 4 is 11.6 Å². The molecule has 4 heteroatoms. The van der Waals surface area contributed by atoms with Gasteiger partial charge < -0.3 is 9.88 Å². The van der Waals surface area contributed by atoms with Gasteiger partial charge in [0.2, 0.25) is 0 Å². The van der Waals surface area contributed by atoms with Gasteiger partial charge in [0, 0.05) is 17.1 Å². The monoisotopic (exact) mass is 263 g/mol. The summed E-state index contributed by atoms with van der Waals surface area (Å²) in [5.74, 6) is 0. The standard InChI is InChI=1S/C14H18ClN3/c1-11-4-5-12(8-13(11)15)14-9-17-10-18(14)7-3-6-16-2/h4-5,8-10,16H,3,6-7H2,1-2H3. The van der Waals surface area contributed by atoms with E-state index in [4.69, 9.17) is 11.6 Å². The summed E-state index contributed by atoms with van der Waals surface area (Å²) in [7, 11) is 1.97. The number of nitrogens with zero attached hydrogens (tertiary/aromatic N) is 2. The number of aryl methyl sites for hydroxylation is 2. The van der Waals surface area contributed by atoms with Crippen LogP contribution in [-0.2, 0) is 6.54 Å². The van der Waals surface area contributed by atoms with E-state index in [2.05, 4.69) is 20.9 Å². The van der Waals surface area contributed by atoms with Crippen molar-refractivity contribution in [1.82, 2.24) is 14.9 Å². The average Bonchev–Trinajstić information content (AvgIpc) is 2.81. The second kappa shape index (κ2) is 6.03. The summed E-state index contributed by atoms with van der Waals surface area (Å²) in [5, 5.41) is 3.95. The summed E-state index contributed by atoms with van der Waals surface area (Å²) in [4.78, 5) is 4.23. The lowest BCUT2D eigenvalue weighted by Crippen LogP contribution is -2.11. The molecule has 0 bridgehead atoms. The first-order chi connectivity index (χ1) is 8.72. The highest BCUT2D eigenvalue weighted by Crippen LogP contribution is 2.25. The Kier molecular flexibility index (Phi) is 4.39. The van der Waals surface area contributed by atoms with Gasteiger partial charge in [0.15, 0.2) is 0 Å². The van der Waals surface area contributed by atoms with E-state index < -0.39 is 0 Å². The first-order valence-corrected chi connectivity index (χ1v) is 6.51. The van der Waals surface area contributed by atoms with E-state index in [1.54, 1.807) is 0 Å². The van der Waals surface area contributed by atoms with Gasteiger partial charge in [-0.25, -0.2) is 4.98 Å². The maximum absolute atomic E-state index is 6.17. The van der Waals surface area contributed by atoms with Crippen molar-refractivity contribution in [3.8, 4) is 11.3 Å². The number of nitrogens with one attached hydrogen (secondary N) is 1. The summed E-state index contributed by atoms with van der Waals surface area (Å²) < 4.78 is 2.17. The van der Waals surface area contributed by atoms with E-state index in [1.165, 1.54) is 0 Å². The van der Waals surface area contributed by atoms with Crippen LogP contribution >= 0.6 is 11.6 Å². The van der Waals surface area contributed by atoms with Gasteiger partial charge in [-0.15, -0.1) is 0 Å². The fourth-order valence-corrected chi connectivity index (χ4v) is 2.10. The Bertz CT molecular complexity index is 520. The smallest absolute Gasteiger partial charge is 0.0950 e. The summed E-state index contributed by atoms with van der Waals surface area (Å²) >= 11 is 6.17. The molecule has 1 N–H and O–H groups in total. The van der Waals surface area contributed by atoms with Crippen LogP contribution in [0.3, 0.4) is 0 Å². The third-order valence-corrected chi connectivity index (χ3v) is 3.41. The number of rotatable bonds is 5. The largest absolute Gasteiger partial charge is 0.331 e. The zero-order valence-corrected chi connectivity index (χ0v) is 11.5. The minimum Gasteiger partial charge on any atom is -0.331 e. The number of halogens is 1. The van der Waals surface area contributed by atoms with Crippen molar-refractivity contribution < 1.29 is 0 Å². The van der Waals surface area contributed by atoms with Gasteiger partial charge in [-0.1, -0.05) is 23.7 Å². The Hall–Kier alpha value is -1.32. The molecule has 0 saturated heterocycles. The normalized spacial score (nSPS) is 10.8. The number of aromatic nitrogens is 2. The quantitative estimate of drug-likeness (QED) is 0.840. The molecule has 3 nitrogen and oxygen atoms in total. The van der Waals surface area contributed by atoms with E-state index in [-0.39, 0.29) is 0 Å². The third kappa shape index (κ3) is 2.92. The maximum atomic E-state index is 6.17. The Morgan fingerprint density at radius 3 is 2.94 bits per heavy atom. The summed E-state index contributed by atoms with van der Waals surface area (Å²) in [6.07, 6.45) is 4.85. The number of hydrogen-bond donors (Lipinski definition) is 1. The highest BCUT2D eigenvalue weighted by atomic mass is 35.5. The minimum absolute atomic E-state index is 0.801. The molecule has 18 heavy (non-hydrogen) atoms. The zero-order chi connectivity index (χ0) is 13.0. The predicted molar refractivity (Wildman–Crippen MR) is 76.0 cm³/mol. The average molecular weight is 264 g/mol. The molecule has 0 spiro atoms. The molecule has 0 radical (unpaired) electrons. The van der Waals surface area contributed by atoms with E-state index in [0.29, 0.717) is 0 Å². The fourth-order valence-electron chi connectivity index (χ4n) is 1.92. The van der Waals surface area contributed by atoms with Crippen LogP contribution in [0, 0.1) is 6.92 Å². The topological polar surface area (TPSA) is 29.9 Å². The van der Waals surface area contributed by atoms with Crippen molar-refractivity contribution in [1.29, 1.82) is 0 Å². The number of imidazole rings is 1. The van der Waals surface area contributed by atoms with E-state index in [9.17, 15) is 0 Å². The Labute approximate surface area is 113 Å². The Balaban J connectivity index is 2.22.